The first-order chi connectivity index (χ1) is 11.6. The molecule has 12 heteroatoms. The number of alkyl halides is 1. The van der Waals surface area contributed by atoms with Crippen molar-refractivity contribution in [1.82, 2.24) is 0 Å². The summed E-state index contributed by atoms with van der Waals surface area (Å²) in [5.41, 5.74) is -1.88. The second-order valence-corrected chi connectivity index (χ2v) is 4.46. The molecule has 2 nitrogen and oxygen atoms in total. The summed E-state index contributed by atoms with van der Waals surface area (Å²) in [6.45, 7) is 0. The molecule has 1 heterocycles. The Morgan fingerprint density at radius 3 is 2.00 bits per heavy atom. The lowest BCUT2D eigenvalue weighted by atomic mass is 9.85. The van der Waals surface area contributed by atoms with E-state index in [1.165, 1.54) is 0 Å². The molecule has 0 saturated carbocycles. The van der Waals surface area contributed by atoms with Gasteiger partial charge in [-0.2, -0.15) is 0 Å². The average molecular weight is 374 g/mol. The molecule has 0 radical (unpaired) electrons. The average Bonchev–Trinajstić information content (AvgIpc) is 2.91. The Bertz CT molecular complexity index is 800. The van der Waals surface area contributed by atoms with Gasteiger partial charge in [0.05, 0.1) is 0 Å². The Morgan fingerprint density at radius 2 is 1.40 bits per heavy atom. The number of fused-ring (bicyclic) bond motifs is 1. The topological polar surface area (TPSA) is 18.5 Å². The molecule has 25 heavy (non-hydrogen) atoms. The fourth-order valence-corrected chi connectivity index (χ4v) is 1.72. The van der Waals surface area contributed by atoms with Crippen LogP contribution in [-0.2, 0) is 4.89 Å². The van der Waals surface area contributed by atoms with Gasteiger partial charge in [-0.15, -0.1) is 4.89 Å². The van der Waals surface area contributed by atoms with E-state index in [2.05, 4.69) is 9.78 Å². The highest BCUT2D eigenvalue weighted by Crippen LogP contribution is 2.39. The summed E-state index contributed by atoms with van der Waals surface area (Å²) < 4.78 is 111. The maximum Gasteiger partial charge on any atom is 0.575 e. The number of hydrogen-bond acceptors (Lipinski definition) is 2. The second-order valence-electron chi connectivity index (χ2n) is 4.46. The summed E-state index contributed by atoms with van der Waals surface area (Å²) in [6.07, 6.45) is -2.22. The second kappa shape index (κ2) is 7.25. The van der Waals surface area contributed by atoms with Crippen LogP contribution in [0.1, 0.15) is 11.9 Å². The van der Waals surface area contributed by atoms with E-state index in [-0.39, 0.29) is 0 Å². The third-order valence-electron chi connectivity index (χ3n) is 2.91. The van der Waals surface area contributed by atoms with Crippen molar-refractivity contribution in [3.8, 4) is 5.75 Å². The maximum atomic E-state index is 12.8. The third kappa shape index (κ3) is 3.68. The first-order valence-electron chi connectivity index (χ1n) is 6.21. The van der Waals surface area contributed by atoms with Gasteiger partial charge in [-0.05, 0) is 6.07 Å². The highest BCUT2D eigenvalue weighted by atomic mass is 19.2. The number of rotatable bonds is 1. The smallest absolute Gasteiger partial charge is 0.333 e. The van der Waals surface area contributed by atoms with Crippen molar-refractivity contribution < 1.29 is 49.1 Å². The molecule has 134 valence electrons. The highest BCUT2D eigenvalue weighted by molar-refractivity contribution is 6.60. The van der Waals surface area contributed by atoms with Crippen molar-refractivity contribution in [2.75, 3.05) is 0 Å². The molecule has 1 atom stereocenters. The summed E-state index contributed by atoms with van der Waals surface area (Å²) in [7, 11) is -3.14. The quantitative estimate of drug-likeness (QED) is 0.324. The molecular formula is C13H4BF9O2. The van der Waals surface area contributed by atoms with Crippen LogP contribution in [0.4, 0.5) is 39.4 Å². The largest absolute Gasteiger partial charge is 0.575 e. The van der Waals surface area contributed by atoms with Gasteiger partial charge in [0.1, 0.15) is 5.56 Å². The lowest BCUT2D eigenvalue weighted by molar-refractivity contribution is -0.261. The van der Waals surface area contributed by atoms with Gasteiger partial charge in [0.25, 0.3) is 6.36 Å². The Morgan fingerprint density at radius 1 is 0.800 bits per heavy atom. The molecule has 3 rings (SSSR count). The predicted octanol–water partition coefficient (Wildman–Crippen LogP) is 4.13. The van der Waals surface area contributed by atoms with Crippen LogP contribution in [-0.4, -0.2) is 7.27 Å². The fraction of sp³-hybridized carbons (Fsp3) is 0.0769. The van der Waals surface area contributed by atoms with Crippen LogP contribution < -0.4 is 10.4 Å². The molecule has 2 aromatic rings. The van der Waals surface area contributed by atoms with Gasteiger partial charge >= 0.3 is 7.27 Å². The number of hydrogen-bond donors (Lipinski definition) is 0. The van der Waals surface area contributed by atoms with Gasteiger partial charge < -0.3 is 4.89 Å². The Labute approximate surface area is 133 Å². The van der Waals surface area contributed by atoms with Crippen LogP contribution >= 0.6 is 0 Å². The predicted molar refractivity (Wildman–Crippen MR) is 65.8 cm³/mol. The third-order valence-corrected chi connectivity index (χ3v) is 2.91. The fourth-order valence-electron chi connectivity index (χ4n) is 1.72. The highest BCUT2D eigenvalue weighted by Gasteiger charge is 2.33. The lowest BCUT2D eigenvalue weighted by Gasteiger charge is -1.99. The van der Waals surface area contributed by atoms with Crippen molar-refractivity contribution in [3.63, 3.8) is 0 Å². The van der Waals surface area contributed by atoms with Gasteiger partial charge in [0, 0.05) is 11.5 Å². The van der Waals surface area contributed by atoms with Gasteiger partial charge in [-0.3, -0.25) is 8.63 Å². The van der Waals surface area contributed by atoms with Crippen LogP contribution in [0.3, 0.4) is 0 Å². The summed E-state index contributed by atoms with van der Waals surface area (Å²) >= 11 is 0. The van der Waals surface area contributed by atoms with Crippen molar-refractivity contribution in [2.45, 2.75) is 6.36 Å². The molecule has 0 fully saturated rings. The molecule has 1 aliphatic heterocycles. The van der Waals surface area contributed by atoms with Crippen LogP contribution in [0.15, 0.2) is 18.2 Å². The van der Waals surface area contributed by atoms with E-state index < -0.39 is 65.3 Å². The zero-order valence-corrected chi connectivity index (χ0v) is 11.6. The molecule has 1 aliphatic rings. The Kier molecular flexibility index (Phi) is 5.50. The molecule has 0 N–H and O–H groups in total. The standard InChI is InChI=1S/C7H2F4O2.C6H2BF5/c8-2-1-3-4(6(10)5(2)9)7(11)13-12-3;8-4-2-1-3(7(11)12)5(9)6(4)10/h1,7H;1-2H. The Balaban J connectivity index is 0.000000181. The molecular weight excluding hydrogens is 370 g/mol. The van der Waals surface area contributed by atoms with Crippen LogP contribution in [0, 0.1) is 34.9 Å². The number of halogens is 9. The van der Waals surface area contributed by atoms with E-state index in [0.717, 1.165) is 0 Å². The zero-order valence-electron chi connectivity index (χ0n) is 11.6. The van der Waals surface area contributed by atoms with Crippen molar-refractivity contribution >= 4 is 12.7 Å². The minimum atomic E-state index is -3.14. The first kappa shape index (κ1) is 19.0. The molecule has 0 aliphatic carbocycles. The lowest BCUT2D eigenvalue weighted by Crippen LogP contribution is -2.25. The van der Waals surface area contributed by atoms with Gasteiger partial charge in [-0.1, -0.05) is 6.07 Å². The van der Waals surface area contributed by atoms with E-state index in [4.69, 9.17) is 0 Å². The van der Waals surface area contributed by atoms with E-state index >= 15 is 0 Å². The zero-order chi connectivity index (χ0) is 18.9. The van der Waals surface area contributed by atoms with E-state index in [1.54, 1.807) is 0 Å². The minimum absolute atomic E-state index is 0.458. The van der Waals surface area contributed by atoms with E-state index in [0.29, 0.717) is 18.2 Å². The van der Waals surface area contributed by atoms with E-state index in [9.17, 15) is 39.4 Å². The molecule has 0 bridgehead atoms. The van der Waals surface area contributed by atoms with Crippen LogP contribution in [0.2, 0.25) is 0 Å². The van der Waals surface area contributed by atoms with Gasteiger partial charge in [-0.25, -0.2) is 30.7 Å². The monoisotopic (exact) mass is 374 g/mol. The van der Waals surface area contributed by atoms with Crippen molar-refractivity contribution in [1.29, 1.82) is 0 Å². The van der Waals surface area contributed by atoms with E-state index in [1.807, 2.05) is 0 Å². The molecule has 0 amide bonds. The molecule has 0 aromatic heterocycles. The summed E-state index contributed by atoms with van der Waals surface area (Å²) in [6, 6.07) is 1.49. The molecule has 0 saturated heterocycles. The molecule has 1 unspecified atom stereocenters. The molecule has 2 aromatic carbocycles. The minimum Gasteiger partial charge on any atom is -0.333 e. The summed E-state index contributed by atoms with van der Waals surface area (Å²) in [4.78, 5) is 7.98. The summed E-state index contributed by atoms with van der Waals surface area (Å²) in [5, 5.41) is 0. The first-order valence-corrected chi connectivity index (χ1v) is 6.21. The Hall–Kier alpha value is -2.37. The van der Waals surface area contributed by atoms with Gasteiger partial charge in [0.2, 0.25) is 0 Å². The van der Waals surface area contributed by atoms with Gasteiger partial charge in [0.15, 0.2) is 40.7 Å². The summed E-state index contributed by atoms with van der Waals surface area (Å²) in [5.74, 6) is -10.5. The maximum absolute atomic E-state index is 12.8. The normalized spacial score (nSPS) is 15.2. The van der Waals surface area contributed by atoms with Crippen molar-refractivity contribution in [3.05, 3.63) is 58.7 Å². The van der Waals surface area contributed by atoms with Crippen molar-refractivity contribution in [2.24, 2.45) is 0 Å². The van der Waals surface area contributed by atoms with Crippen LogP contribution in [0.25, 0.3) is 0 Å². The SMILES string of the molecule is FB(F)c1ccc(F)c(F)c1F.Fc1cc2c(c(F)c1F)C(F)OO2. The molecule has 0 spiro atoms. The number of benzene rings is 2. The van der Waals surface area contributed by atoms with Crippen LogP contribution in [0.5, 0.6) is 5.75 Å².